The van der Waals surface area contributed by atoms with E-state index in [2.05, 4.69) is 30.3 Å². The van der Waals surface area contributed by atoms with Gasteiger partial charge in [0.1, 0.15) is 5.60 Å². The summed E-state index contributed by atoms with van der Waals surface area (Å²) in [4.78, 5) is 13.7. The Balaban J connectivity index is 1.16. The van der Waals surface area contributed by atoms with E-state index in [-0.39, 0.29) is 0 Å². The van der Waals surface area contributed by atoms with Gasteiger partial charge < -0.3 is 14.3 Å². The third-order valence-corrected chi connectivity index (χ3v) is 8.59. The lowest BCUT2D eigenvalue weighted by atomic mass is 9.80. The first kappa shape index (κ1) is 21.6. The molecule has 3 heterocycles. The zero-order chi connectivity index (χ0) is 23.2. The van der Waals surface area contributed by atoms with E-state index in [1.807, 2.05) is 48.5 Å². The lowest BCUT2D eigenvalue weighted by molar-refractivity contribution is -0.944. The molecule has 0 unspecified atom stereocenters. The molecule has 3 aromatic carbocycles. The summed E-state index contributed by atoms with van der Waals surface area (Å²) >= 11 is 0. The predicted octanol–water partition coefficient (Wildman–Crippen LogP) is 4.83. The summed E-state index contributed by atoms with van der Waals surface area (Å²) in [5.74, 6) is -0.518. The van der Waals surface area contributed by atoms with Gasteiger partial charge in [0.05, 0.1) is 26.2 Å². The Bertz CT molecular complexity index is 1150. The Kier molecular flexibility index (Phi) is 5.12. The highest BCUT2D eigenvalue weighted by Crippen LogP contribution is 2.49. The molecule has 0 atom stereocenters. The van der Waals surface area contributed by atoms with Gasteiger partial charge in [-0.05, 0) is 23.1 Å². The van der Waals surface area contributed by atoms with Crippen molar-refractivity contribution < 1.29 is 19.1 Å². The van der Waals surface area contributed by atoms with E-state index in [0.717, 1.165) is 60.9 Å². The normalized spacial score (nSPS) is 26.0. The van der Waals surface area contributed by atoms with Crippen LogP contribution in [0.5, 0.6) is 0 Å². The van der Waals surface area contributed by atoms with Crippen LogP contribution in [0.2, 0.25) is 0 Å². The molecule has 7 rings (SSSR count). The molecule has 1 aliphatic carbocycles. The minimum Gasteiger partial charge on any atom is -0.456 e. The average Bonchev–Trinajstić information content (AvgIpc) is 3.16. The lowest BCUT2D eigenvalue weighted by Crippen LogP contribution is -2.66. The molecule has 0 radical (unpaired) electrons. The number of aliphatic hydroxyl groups is 1. The van der Waals surface area contributed by atoms with Gasteiger partial charge in [-0.1, -0.05) is 78.9 Å². The molecule has 4 aliphatic rings. The maximum Gasteiger partial charge on any atom is 0.348 e. The standard InChI is InChI=1S/C30H32NO3/c32-28(30(33)26-14-6-4-12-24(26)25-13-5-7-15-27(25)30)34-29-16-20-31(21-17-29,22-18-29)19-8-11-23-9-2-1-3-10-23/h1-7,9-10,12-15,33H,8,11,16-22H2/q+1. The predicted molar refractivity (Wildman–Crippen MR) is 132 cm³/mol. The SMILES string of the molecule is O=C(OC12CC[N+](CCCc3ccccc3)(CC1)CC2)C1(O)c2ccccc2-c2ccccc21. The molecule has 4 heteroatoms. The summed E-state index contributed by atoms with van der Waals surface area (Å²) < 4.78 is 7.43. The number of carbonyl (C=O) groups excluding carboxylic acids is 1. The molecule has 0 spiro atoms. The van der Waals surface area contributed by atoms with Gasteiger partial charge in [0.15, 0.2) is 0 Å². The second kappa shape index (κ2) is 8.07. The number of piperidine rings is 3. The quantitative estimate of drug-likeness (QED) is 0.429. The summed E-state index contributed by atoms with van der Waals surface area (Å²) in [5, 5.41) is 11.8. The second-order valence-electron chi connectivity index (χ2n) is 10.4. The zero-order valence-electron chi connectivity index (χ0n) is 19.6. The van der Waals surface area contributed by atoms with Crippen molar-refractivity contribution in [1.29, 1.82) is 0 Å². The molecule has 1 N–H and O–H groups in total. The average molecular weight is 455 g/mol. The number of hydrogen-bond donors (Lipinski definition) is 1. The van der Waals surface area contributed by atoms with Crippen molar-refractivity contribution in [2.45, 2.75) is 43.3 Å². The third-order valence-electron chi connectivity index (χ3n) is 8.59. The van der Waals surface area contributed by atoms with E-state index in [1.54, 1.807) is 0 Å². The third kappa shape index (κ3) is 3.40. The van der Waals surface area contributed by atoms with Crippen LogP contribution in [0.4, 0.5) is 0 Å². The van der Waals surface area contributed by atoms with Gasteiger partial charge in [-0.3, -0.25) is 0 Å². The van der Waals surface area contributed by atoms with Crippen LogP contribution in [-0.4, -0.2) is 47.3 Å². The van der Waals surface area contributed by atoms with E-state index in [4.69, 9.17) is 4.74 Å². The highest BCUT2D eigenvalue weighted by molar-refractivity contribution is 5.96. The van der Waals surface area contributed by atoms with Gasteiger partial charge in [0, 0.05) is 36.8 Å². The van der Waals surface area contributed by atoms with Crippen LogP contribution in [0.15, 0.2) is 78.9 Å². The van der Waals surface area contributed by atoms with Crippen LogP contribution in [0.1, 0.15) is 42.4 Å². The van der Waals surface area contributed by atoms with E-state index in [9.17, 15) is 9.90 Å². The minimum atomic E-state index is -1.74. The molecule has 3 aromatic rings. The van der Waals surface area contributed by atoms with Crippen LogP contribution in [0, 0.1) is 0 Å². The van der Waals surface area contributed by atoms with Gasteiger partial charge in [0.25, 0.3) is 0 Å². The molecule has 34 heavy (non-hydrogen) atoms. The summed E-state index contributed by atoms with van der Waals surface area (Å²) in [5.41, 5.74) is 2.32. The van der Waals surface area contributed by atoms with E-state index in [0.29, 0.717) is 11.1 Å². The number of esters is 1. The number of carbonyl (C=O) groups is 1. The molecule has 2 bridgehead atoms. The summed E-state index contributed by atoms with van der Waals surface area (Å²) in [7, 11) is 0. The largest absolute Gasteiger partial charge is 0.456 e. The highest BCUT2D eigenvalue weighted by Gasteiger charge is 2.55. The molecule has 174 valence electrons. The van der Waals surface area contributed by atoms with Gasteiger partial charge >= 0.3 is 5.97 Å². The van der Waals surface area contributed by atoms with Gasteiger partial charge in [-0.15, -0.1) is 0 Å². The molecule has 0 amide bonds. The van der Waals surface area contributed by atoms with E-state index >= 15 is 0 Å². The molecular formula is C30H32NO3+. The summed E-state index contributed by atoms with van der Waals surface area (Å²) in [6, 6.07) is 26.0. The Morgan fingerprint density at radius 2 is 1.32 bits per heavy atom. The first-order valence-corrected chi connectivity index (χ1v) is 12.6. The number of fused-ring (bicyclic) bond motifs is 6. The van der Waals surface area contributed by atoms with Crippen LogP contribution in [0.25, 0.3) is 11.1 Å². The van der Waals surface area contributed by atoms with Crippen LogP contribution >= 0.6 is 0 Å². The number of nitrogens with zero attached hydrogens (tertiary/aromatic N) is 1. The highest BCUT2D eigenvalue weighted by atomic mass is 16.6. The molecule has 3 saturated heterocycles. The first-order chi connectivity index (χ1) is 16.5. The number of hydrogen-bond acceptors (Lipinski definition) is 3. The van der Waals surface area contributed by atoms with Gasteiger partial charge in [0.2, 0.25) is 5.60 Å². The van der Waals surface area contributed by atoms with Crippen molar-refractivity contribution in [1.82, 2.24) is 0 Å². The van der Waals surface area contributed by atoms with Crippen molar-refractivity contribution in [3.8, 4) is 11.1 Å². The monoisotopic (exact) mass is 454 g/mol. The van der Waals surface area contributed by atoms with Crippen LogP contribution in [-0.2, 0) is 21.6 Å². The van der Waals surface area contributed by atoms with Crippen molar-refractivity contribution in [2.75, 3.05) is 26.2 Å². The Labute approximate surface area is 201 Å². The van der Waals surface area contributed by atoms with Crippen LogP contribution in [0.3, 0.4) is 0 Å². The number of rotatable bonds is 6. The number of aryl methyl sites for hydroxylation is 1. The molecule has 4 nitrogen and oxygen atoms in total. The van der Waals surface area contributed by atoms with Gasteiger partial charge in [-0.25, -0.2) is 4.79 Å². The van der Waals surface area contributed by atoms with Crippen molar-refractivity contribution in [3.63, 3.8) is 0 Å². The smallest absolute Gasteiger partial charge is 0.348 e. The summed E-state index contributed by atoms with van der Waals surface area (Å²) in [6.45, 7) is 4.33. The maximum atomic E-state index is 13.7. The van der Waals surface area contributed by atoms with Crippen LogP contribution < -0.4 is 0 Å². The Morgan fingerprint density at radius 3 is 1.91 bits per heavy atom. The molecule has 0 aromatic heterocycles. The van der Waals surface area contributed by atoms with Crippen molar-refractivity contribution in [2.24, 2.45) is 0 Å². The zero-order valence-corrected chi connectivity index (χ0v) is 19.6. The van der Waals surface area contributed by atoms with E-state index in [1.165, 1.54) is 18.5 Å². The van der Waals surface area contributed by atoms with Crippen molar-refractivity contribution >= 4 is 5.97 Å². The second-order valence-corrected chi connectivity index (χ2v) is 10.4. The molecule has 3 fully saturated rings. The number of ether oxygens (including phenoxy) is 1. The minimum absolute atomic E-state index is 0.446. The Hall–Kier alpha value is -2.95. The molecule has 3 aliphatic heterocycles. The number of benzene rings is 3. The molecular weight excluding hydrogens is 422 g/mol. The maximum absolute atomic E-state index is 13.7. The fourth-order valence-electron chi connectivity index (χ4n) is 6.49. The molecule has 0 saturated carbocycles. The Morgan fingerprint density at radius 1 is 0.794 bits per heavy atom. The first-order valence-electron chi connectivity index (χ1n) is 12.6. The summed E-state index contributed by atoms with van der Waals surface area (Å²) in [6.07, 6.45) is 4.94. The van der Waals surface area contributed by atoms with Gasteiger partial charge in [-0.2, -0.15) is 0 Å². The number of quaternary nitrogens is 1. The fraction of sp³-hybridized carbons (Fsp3) is 0.367. The topological polar surface area (TPSA) is 46.5 Å². The lowest BCUT2D eigenvalue weighted by Gasteiger charge is -2.54. The van der Waals surface area contributed by atoms with Crippen molar-refractivity contribution in [3.05, 3.63) is 95.6 Å². The fourth-order valence-corrected chi connectivity index (χ4v) is 6.49. The van der Waals surface area contributed by atoms with E-state index < -0.39 is 17.2 Å².